The van der Waals surface area contributed by atoms with Crippen molar-refractivity contribution in [1.82, 2.24) is 5.32 Å². The van der Waals surface area contributed by atoms with Crippen LogP contribution in [0, 0.1) is 0 Å². The van der Waals surface area contributed by atoms with Crippen molar-refractivity contribution in [3.8, 4) is 0 Å². The van der Waals surface area contributed by atoms with Crippen LogP contribution < -0.4 is 5.32 Å². The molecule has 0 fully saturated rings. The summed E-state index contributed by atoms with van der Waals surface area (Å²) in [6, 6.07) is -0.869. The number of hydrogen-bond donors (Lipinski definition) is 3. The average molecular weight is 1010 g/mol. The molecule has 0 rings (SSSR count). The zero-order valence-corrected chi connectivity index (χ0v) is 47.9. The van der Waals surface area contributed by atoms with Crippen LogP contribution in [-0.2, 0) is 18.4 Å². The number of rotatable bonds is 55. The highest BCUT2D eigenvalue weighted by atomic mass is 31.2. The van der Waals surface area contributed by atoms with E-state index in [-0.39, 0.29) is 19.1 Å². The second-order valence-corrected chi connectivity index (χ2v) is 23.2. The molecule has 0 saturated heterocycles. The molecule has 0 spiro atoms. The number of unbranched alkanes of at least 4 members (excludes halogenated alkanes) is 36. The number of carbonyl (C=O) groups excluding carboxylic acids is 1. The van der Waals surface area contributed by atoms with Gasteiger partial charge >= 0.3 is 7.82 Å². The van der Waals surface area contributed by atoms with Crippen molar-refractivity contribution in [3.05, 3.63) is 48.6 Å². The lowest BCUT2D eigenvalue weighted by Crippen LogP contribution is -2.45. The first-order chi connectivity index (χ1) is 34.0. The van der Waals surface area contributed by atoms with E-state index in [0.29, 0.717) is 17.4 Å². The quantitative estimate of drug-likeness (QED) is 0.0243. The number of aliphatic hydroxyl groups excluding tert-OH is 1. The summed E-state index contributed by atoms with van der Waals surface area (Å²) < 4.78 is 23.7. The Labute approximate surface area is 435 Å². The van der Waals surface area contributed by atoms with Gasteiger partial charge in [-0.2, -0.15) is 0 Å². The van der Waals surface area contributed by atoms with Gasteiger partial charge in [-0.05, 0) is 70.6 Å². The van der Waals surface area contributed by atoms with E-state index in [4.69, 9.17) is 9.05 Å². The maximum absolute atomic E-state index is 13.0. The van der Waals surface area contributed by atoms with Gasteiger partial charge in [0.1, 0.15) is 13.2 Å². The molecule has 0 heterocycles. The van der Waals surface area contributed by atoms with Gasteiger partial charge in [-0.15, -0.1) is 0 Å². The fourth-order valence-corrected chi connectivity index (χ4v) is 9.51. The van der Waals surface area contributed by atoms with Gasteiger partial charge in [-0.3, -0.25) is 13.8 Å². The zero-order chi connectivity index (χ0) is 51.3. The lowest BCUT2D eigenvalue weighted by Gasteiger charge is -2.25. The monoisotopic (exact) mass is 1010 g/mol. The third-order valence-corrected chi connectivity index (χ3v) is 14.5. The number of aliphatic hydroxyl groups is 1. The van der Waals surface area contributed by atoms with Crippen LogP contribution in [0.15, 0.2) is 48.6 Å². The molecule has 0 aromatic rings. The van der Waals surface area contributed by atoms with Crippen molar-refractivity contribution >= 4 is 13.7 Å². The van der Waals surface area contributed by atoms with E-state index in [1.165, 1.54) is 218 Å². The molecule has 3 unspecified atom stereocenters. The topological polar surface area (TPSA) is 105 Å². The molecule has 0 aliphatic rings. The van der Waals surface area contributed by atoms with Crippen molar-refractivity contribution in [1.29, 1.82) is 0 Å². The lowest BCUT2D eigenvalue weighted by atomic mass is 10.0. The molecule has 9 heteroatoms. The number of allylic oxidation sites excluding steroid dienone is 7. The summed E-state index contributed by atoms with van der Waals surface area (Å²) in [5, 5.41) is 13.9. The first kappa shape index (κ1) is 68.5. The van der Waals surface area contributed by atoms with Gasteiger partial charge in [0, 0.05) is 6.42 Å². The Hall–Kier alpha value is -1.54. The molecule has 0 radical (unpaired) electrons. The third kappa shape index (κ3) is 54.2. The molecule has 0 aliphatic heterocycles. The van der Waals surface area contributed by atoms with E-state index in [1.54, 1.807) is 6.08 Å². The minimum atomic E-state index is -4.36. The summed E-state index contributed by atoms with van der Waals surface area (Å²) in [7, 11) is 1.55. The molecule has 0 aliphatic carbocycles. The molecular weight excluding hydrogens is 888 g/mol. The fourth-order valence-electron chi connectivity index (χ4n) is 8.78. The first-order valence-electron chi connectivity index (χ1n) is 30.0. The average Bonchev–Trinajstić information content (AvgIpc) is 3.32. The molecule has 1 amide bonds. The number of phosphoric ester groups is 1. The SMILES string of the molecule is CCCCCCCCC/C=C/CC/C=C/CC/C=C/C(O)C(COP(=O)(O)OCC[N+](C)(C)C)NC(=O)CCCCCCCCCCCCCCCCCCCCC/C=C\CCCCCCCCCC. The highest BCUT2D eigenvalue weighted by Gasteiger charge is 2.27. The summed E-state index contributed by atoms with van der Waals surface area (Å²) in [6.45, 7) is 4.80. The van der Waals surface area contributed by atoms with E-state index in [2.05, 4.69) is 55.6 Å². The van der Waals surface area contributed by atoms with Crippen LogP contribution in [-0.4, -0.2) is 73.4 Å². The van der Waals surface area contributed by atoms with E-state index >= 15 is 0 Å². The van der Waals surface area contributed by atoms with Crippen molar-refractivity contribution in [2.24, 2.45) is 0 Å². The molecule has 0 aromatic heterocycles. The van der Waals surface area contributed by atoms with E-state index in [1.807, 2.05) is 27.2 Å². The molecule has 0 aromatic carbocycles. The van der Waals surface area contributed by atoms with Gasteiger partial charge in [0.25, 0.3) is 0 Å². The smallest absolute Gasteiger partial charge is 0.387 e. The number of carbonyl (C=O) groups is 1. The van der Waals surface area contributed by atoms with Gasteiger partial charge < -0.3 is 19.8 Å². The predicted octanol–water partition coefficient (Wildman–Crippen LogP) is 18.3. The Morgan fingerprint density at radius 3 is 1.14 bits per heavy atom. The number of nitrogens with one attached hydrogen (secondary N) is 1. The van der Waals surface area contributed by atoms with Crippen LogP contribution in [0.1, 0.15) is 284 Å². The van der Waals surface area contributed by atoms with Gasteiger partial charge in [0.05, 0.1) is 39.9 Å². The van der Waals surface area contributed by atoms with Gasteiger partial charge in [0.2, 0.25) is 5.91 Å². The Bertz CT molecular complexity index is 1280. The summed E-state index contributed by atoms with van der Waals surface area (Å²) in [5.74, 6) is -0.187. The molecular formula is C61H118N2O6P+. The molecule has 3 atom stereocenters. The molecule has 412 valence electrons. The van der Waals surface area contributed by atoms with Crippen molar-refractivity contribution in [3.63, 3.8) is 0 Å². The minimum Gasteiger partial charge on any atom is -0.387 e. The summed E-state index contributed by atoms with van der Waals surface area (Å²) in [4.78, 5) is 23.3. The highest BCUT2D eigenvalue weighted by Crippen LogP contribution is 2.43. The largest absolute Gasteiger partial charge is 0.472 e. The zero-order valence-electron chi connectivity index (χ0n) is 47.0. The van der Waals surface area contributed by atoms with Crippen LogP contribution >= 0.6 is 7.82 Å². The third-order valence-electron chi connectivity index (χ3n) is 13.5. The van der Waals surface area contributed by atoms with Crippen molar-refractivity contribution < 1.29 is 32.9 Å². The van der Waals surface area contributed by atoms with Crippen LogP contribution in [0.25, 0.3) is 0 Å². The Balaban J connectivity index is 4.11. The van der Waals surface area contributed by atoms with Gasteiger partial charge in [0.15, 0.2) is 0 Å². The number of nitrogens with zero attached hydrogens (tertiary/aromatic N) is 1. The summed E-state index contributed by atoms with van der Waals surface area (Å²) in [6.07, 6.45) is 69.5. The summed E-state index contributed by atoms with van der Waals surface area (Å²) >= 11 is 0. The number of phosphoric acid groups is 1. The van der Waals surface area contributed by atoms with E-state index in [0.717, 1.165) is 44.9 Å². The standard InChI is InChI=1S/C61H117N2O6P/c1-6-8-10-12-14-16-18-20-22-24-25-26-27-28-29-30-31-32-33-34-35-36-37-39-41-43-45-47-49-51-53-55-61(65)62-59(58-69-70(66,67)68-57-56-63(3,4)5)60(64)54-52-50-48-46-44-42-40-38-23-21-19-17-15-13-11-9-7-2/h23-25,38,44,46,52,54,59-60,64H,6-22,26-37,39-43,45,47-51,53,55-58H2,1-5H3,(H-,62,65,66,67)/p+1/b25-24-,38-23+,46-44+,54-52+. The van der Waals surface area contributed by atoms with Gasteiger partial charge in [-0.25, -0.2) is 4.57 Å². The number of amides is 1. The molecule has 0 saturated carbocycles. The van der Waals surface area contributed by atoms with Crippen LogP contribution in [0.5, 0.6) is 0 Å². The van der Waals surface area contributed by atoms with Crippen molar-refractivity contribution in [2.75, 3.05) is 40.9 Å². The maximum atomic E-state index is 13.0. The van der Waals surface area contributed by atoms with Crippen molar-refractivity contribution in [2.45, 2.75) is 296 Å². The maximum Gasteiger partial charge on any atom is 0.472 e. The van der Waals surface area contributed by atoms with E-state index in [9.17, 15) is 19.4 Å². The summed E-state index contributed by atoms with van der Waals surface area (Å²) in [5.41, 5.74) is 0. The molecule has 70 heavy (non-hydrogen) atoms. The normalized spacial score (nSPS) is 14.2. The van der Waals surface area contributed by atoms with Crippen LogP contribution in [0.4, 0.5) is 0 Å². The Morgan fingerprint density at radius 2 is 0.786 bits per heavy atom. The van der Waals surface area contributed by atoms with Crippen LogP contribution in [0.2, 0.25) is 0 Å². The predicted molar refractivity (Wildman–Crippen MR) is 304 cm³/mol. The second-order valence-electron chi connectivity index (χ2n) is 21.7. The molecule has 8 nitrogen and oxygen atoms in total. The minimum absolute atomic E-state index is 0.0540. The van der Waals surface area contributed by atoms with Crippen LogP contribution in [0.3, 0.4) is 0 Å². The molecule has 3 N–H and O–H groups in total. The van der Waals surface area contributed by atoms with Gasteiger partial charge in [-0.1, -0.05) is 255 Å². The Kier molecular flexibility index (Phi) is 51.2. The second kappa shape index (κ2) is 52.3. The highest BCUT2D eigenvalue weighted by molar-refractivity contribution is 7.47. The lowest BCUT2D eigenvalue weighted by molar-refractivity contribution is -0.870. The number of hydrogen-bond acceptors (Lipinski definition) is 5. The number of likely N-dealkylation sites (N-methyl/N-ethyl adjacent to an activating group) is 1. The molecule has 0 bridgehead atoms. The fraction of sp³-hybridized carbons (Fsp3) is 0.852. The Morgan fingerprint density at radius 1 is 0.471 bits per heavy atom. The van der Waals surface area contributed by atoms with E-state index < -0.39 is 20.0 Å². The number of quaternary nitrogens is 1. The first-order valence-corrected chi connectivity index (χ1v) is 31.5.